The summed E-state index contributed by atoms with van der Waals surface area (Å²) in [5.41, 5.74) is 0. The first kappa shape index (κ1) is 16.9. The molecule has 1 saturated heterocycles. The standard InChI is InChI=1S/C14H27N3O3/c1-11(14(19)20)13(18)17(10-9-15(2)3)12-5-7-16(4)8-6-12/h11-12H,5-10H2,1-4H3,(H,19,20). The number of hydrogen-bond acceptors (Lipinski definition) is 4. The number of nitrogens with zero attached hydrogens (tertiary/aromatic N) is 3. The molecule has 1 aliphatic rings. The van der Waals surface area contributed by atoms with Crippen LogP contribution in [0.3, 0.4) is 0 Å². The van der Waals surface area contributed by atoms with Crippen molar-refractivity contribution in [3.05, 3.63) is 0 Å². The Kier molecular flexibility index (Phi) is 6.42. The van der Waals surface area contributed by atoms with E-state index in [0.717, 1.165) is 32.5 Å². The summed E-state index contributed by atoms with van der Waals surface area (Å²) in [5.74, 6) is -2.26. The molecule has 0 bridgehead atoms. The lowest BCUT2D eigenvalue weighted by Crippen LogP contribution is -2.51. The topological polar surface area (TPSA) is 64.1 Å². The Hall–Kier alpha value is -1.14. The molecule has 116 valence electrons. The minimum absolute atomic E-state index is 0.167. The third kappa shape index (κ3) is 4.76. The molecule has 6 nitrogen and oxygen atoms in total. The zero-order chi connectivity index (χ0) is 15.3. The SMILES string of the molecule is CC(C(=O)O)C(=O)N(CCN(C)C)C1CCN(C)CC1. The van der Waals surface area contributed by atoms with Gasteiger partial charge in [0.25, 0.3) is 0 Å². The van der Waals surface area contributed by atoms with Gasteiger partial charge in [-0.3, -0.25) is 9.59 Å². The van der Waals surface area contributed by atoms with E-state index in [1.165, 1.54) is 6.92 Å². The molecule has 0 aromatic carbocycles. The second-order valence-electron chi connectivity index (χ2n) is 5.93. The normalized spacial score (nSPS) is 19.1. The largest absolute Gasteiger partial charge is 0.481 e. The molecule has 1 rings (SSSR count). The molecule has 1 aliphatic heterocycles. The second-order valence-corrected chi connectivity index (χ2v) is 5.93. The fourth-order valence-electron chi connectivity index (χ4n) is 2.44. The number of carboxylic acid groups (broad SMARTS) is 1. The van der Waals surface area contributed by atoms with Gasteiger partial charge in [-0.25, -0.2) is 0 Å². The van der Waals surface area contributed by atoms with Gasteiger partial charge < -0.3 is 19.8 Å². The summed E-state index contributed by atoms with van der Waals surface area (Å²) in [6.45, 7) is 4.74. The maximum absolute atomic E-state index is 12.4. The van der Waals surface area contributed by atoms with Gasteiger partial charge in [-0.15, -0.1) is 0 Å². The van der Waals surface area contributed by atoms with Crippen LogP contribution in [0.1, 0.15) is 19.8 Å². The molecule has 20 heavy (non-hydrogen) atoms. The molecular formula is C14H27N3O3. The summed E-state index contributed by atoms with van der Waals surface area (Å²) in [7, 11) is 5.98. The predicted molar refractivity (Wildman–Crippen MR) is 77.6 cm³/mol. The van der Waals surface area contributed by atoms with E-state index in [2.05, 4.69) is 11.9 Å². The Labute approximate surface area is 121 Å². The van der Waals surface area contributed by atoms with E-state index in [1.54, 1.807) is 4.90 Å². The minimum Gasteiger partial charge on any atom is -0.481 e. The monoisotopic (exact) mass is 285 g/mol. The number of likely N-dealkylation sites (tertiary alicyclic amines) is 1. The van der Waals surface area contributed by atoms with Crippen LogP contribution in [0, 0.1) is 5.92 Å². The fourth-order valence-corrected chi connectivity index (χ4v) is 2.44. The Bertz CT molecular complexity index is 339. The van der Waals surface area contributed by atoms with Crippen LogP contribution >= 0.6 is 0 Å². The first-order chi connectivity index (χ1) is 9.32. The zero-order valence-electron chi connectivity index (χ0n) is 13.0. The summed E-state index contributed by atoms with van der Waals surface area (Å²) in [4.78, 5) is 29.5. The van der Waals surface area contributed by atoms with Crippen molar-refractivity contribution in [3.63, 3.8) is 0 Å². The summed E-state index contributed by atoms with van der Waals surface area (Å²) in [6.07, 6.45) is 1.84. The molecule has 1 N–H and O–H groups in total. The van der Waals surface area contributed by atoms with Crippen LogP contribution in [0.4, 0.5) is 0 Å². The quantitative estimate of drug-likeness (QED) is 0.706. The highest BCUT2D eigenvalue weighted by Crippen LogP contribution is 2.18. The first-order valence-electron chi connectivity index (χ1n) is 7.19. The molecule has 0 aliphatic carbocycles. The van der Waals surface area contributed by atoms with Gasteiger partial charge in [0.15, 0.2) is 0 Å². The third-order valence-electron chi connectivity index (χ3n) is 3.94. The van der Waals surface area contributed by atoms with E-state index in [1.807, 2.05) is 19.0 Å². The van der Waals surface area contributed by atoms with Crippen molar-refractivity contribution in [2.45, 2.75) is 25.8 Å². The lowest BCUT2D eigenvalue weighted by Gasteiger charge is -2.38. The van der Waals surface area contributed by atoms with Crippen LogP contribution in [-0.2, 0) is 9.59 Å². The summed E-state index contributed by atoms with van der Waals surface area (Å²) in [5, 5.41) is 9.05. The number of carbonyl (C=O) groups excluding carboxylic acids is 1. The maximum Gasteiger partial charge on any atom is 0.315 e. The summed E-state index contributed by atoms with van der Waals surface area (Å²) in [6, 6.07) is 0.167. The number of carbonyl (C=O) groups is 2. The van der Waals surface area contributed by atoms with Gasteiger partial charge in [0, 0.05) is 19.1 Å². The molecule has 1 atom stereocenters. The van der Waals surface area contributed by atoms with Crippen molar-refractivity contribution < 1.29 is 14.7 Å². The lowest BCUT2D eigenvalue weighted by atomic mass is 10.0. The molecule has 0 aromatic rings. The smallest absolute Gasteiger partial charge is 0.315 e. The zero-order valence-corrected chi connectivity index (χ0v) is 13.0. The highest BCUT2D eigenvalue weighted by Gasteiger charge is 2.32. The van der Waals surface area contributed by atoms with Crippen molar-refractivity contribution in [2.75, 3.05) is 47.3 Å². The molecule has 6 heteroatoms. The number of rotatable bonds is 6. The van der Waals surface area contributed by atoms with E-state index in [-0.39, 0.29) is 11.9 Å². The third-order valence-corrected chi connectivity index (χ3v) is 3.94. The molecule has 1 fully saturated rings. The molecule has 0 spiro atoms. The molecule has 1 heterocycles. The van der Waals surface area contributed by atoms with E-state index < -0.39 is 11.9 Å². The Morgan fingerprint density at radius 3 is 2.25 bits per heavy atom. The van der Waals surface area contributed by atoms with E-state index in [4.69, 9.17) is 5.11 Å². The van der Waals surface area contributed by atoms with Crippen LogP contribution in [-0.4, -0.2) is 85.0 Å². The number of amides is 1. The van der Waals surface area contributed by atoms with Gasteiger partial charge in [-0.1, -0.05) is 0 Å². The molecule has 1 unspecified atom stereocenters. The highest BCUT2D eigenvalue weighted by atomic mass is 16.4. The lowest BCUT2D eigenvalue weighted by molar-refractivity contribution is -0.152. The molecule has 0 radical (unpaired) electrons. The Balaban J connectivity index is 2.73. The van der Waals surface area contributed by atoms with Gasteiger partial charge >= 0.3 is 5.97 Å². The number of carboxylic acids is 1. The molecule has 0 saturated carbocycles. The van der Waals surface area contributed by atoms with Crippen molar-refractivity contribution in [2.24, 2.45) is 5.92 Å². The van der Waals surface area contributed by atoms with E-state index in [0.29, 0.717) is 6.54 Å². The van der Waals surface area contributed by atoms with Crippen molar-refractivity contribution in [1.82, 2.24) is 14.7 Å². The first-order valence-corrected chi connectivity index (χ1v) is 7.19. The number of hydrogen-bond donors (Lipinski definition) is 1. The van der Waals surface area contributed by atoms with E-state index in [9.17, 15) is 9.59 Å². The van der Waals surface area contributed by atoms with Gasteiger partial charge in [-0.05, 0) is 54.0 Å². The number of aliphatic carboxylic acids is 1. The molecule has 1 amide bonds. The highest BCUT2D eigenvalue weighted by molar-refractivity contribution is 5.96. The van der Waals surface area contributed by atoms with Crippen LogP contribution in [0.2, 0.25) is 0 Å². The Morgan fingerprint density at radius 2 is 1.80 bits per heavy atom. The Morgan fingerprint density at radius 1 is 1.25 bits per heavy atom. The van der Waals surface area contributed by atoms with Crippen LogP contribution in [0.25, 0.3) is 0 Å². The van der Waals surface area contributed by atoms with Gasteiger partial charge in [0.2, 0.25) is 5.91 Å². The minimum atomic E-state index is -1.04. The number of likely N-dealkylation sites (N-methyl/N-ethyl adjacent to an activating group) is 1. The average Bonchev–Trinajstić information content (AvgIpc) is 2.39. The van der Waals surface area contributed by atoms with Crippen molar-refractivity contribution in [1.29, 1.82) is 0 Å². The molecular weight excluding hydrogens is 258 g/mol. The maximum atomic E-state index is 12.4. The second kappa shape index (κ2) is 7.59. The van der Waals surface area contributed by atoms with Crippen LogP contribution < -0.4 is 0 Å². The van der Waals surface area contributed by atoms with Gasteiger partial charge in [0.1, 0.15) is 5.92 Å². The fraction of sp³-hybridized carbons (Fsp3) is 0.857. The van der Waals surface area contributed by atoms with Gasteiger partial charge in [-0.2, -0.15) is 0 Å². The van der Waals surface area contributed by atoms with Crippen molar-refractivity contribution >= 4 is 11.9 Å². The number of piperidine rings is 1. The van der Waals surface area contributed by atoms with E-state index >= 15 is 0 Å². The van der Waals surface area contributed by atoms with Crippen LogP contribution in [0.15, 0.2) is 0 Å². The predicted octanol–water partition coefficient (Wildman–Crippen LogP) is 0.192. The van der Waals surface area contributed by atoms with Gasteiger partial charge in [0.05, 0.1) is 0 Å². The summed E-state index contributed by atoms with van der Waals surface area (Å²) >= 11 is 0. The average molecular weight is 285 g/mol. The van der Waals surface area contributed by atoms with Crippen molar-refractivity contribution in [3.8, 4) is 0 Å². The molecule has 0 aromatic heterocycles. The summed E-state index contributed by atoms with van der Waals surface area (Å²) < 4.78 is 0. The van der Waals surface area contributed by atoms with Crippen LogP contribution in [0.5, 0.6) is 0 Å².